The van der Waals surface area contributed by atoms with Crippen molar-refractivity contribution in [3.8, 4) is 0 Å². The average Bonchev–Trinajstić information content (AvgIpc) is 2.37. The molecule has 1 N–H and O–H groups in total. The molecule has 1 fully saturated rings. The van der Waals surface area contributed by atoms with Gasteiger partial charge in [-0.25, -0.2) is 0 Å². The number of thioether (sulfide) groups is 1. The first-order valence-electron chi connectivity index (χ1n) is 4.14. The number of aliphatic carboxylic acids is 1. The van der Waals surface area contributed by atoms with Gasteiger partial charge in [0.05, 0.1) is 29.6 Å². The molecule has 2 heterocycles. The van der Waals surface area contributed by atoms with Crippen LogP contribution in [0.3, 0.4) is 0 Å². The molecular weight excluding hydrogens is 229 g/mol. The molecule has 1 saturated heterocycles. The van der Waals surface area contributed by atoms with Gasteiger partial charge in [0.15, 0.2) is 0 Å². The van der Waals surface area contributed by atoms with Crippen LogP contribution in [0, 0.1) is 0 Å². The summed E-state index contributed by atoms with van der Waals surface area (Å²) in [6.07, 6.45) is -0.538. The van der Waals surface area contributed by atoms with E-state index in [0.29, 0.717) is 11.3 Å². The molecule has 0 aromatic rings. The van der Waals surface area contributed by atoms with E-state index < -0.39 is 12.1 Å². The van der Waals surface area contributed by atoms with Gasteiger partial charge < -0.3 is 15.0 Å². The van der Waals surface area contributed by atoms with Crippen molar-refractivity contribution in [3.63, 3.8) is 0 Å². The summed E-state index contributed by atoms with van der Waals surface area (Å²) in [6, 6.07) is 0. The van der Waals surface area contributed by atoms with Crippen molar-refractivity contribution in [3.05, 3.63) is 10.6 Å². The number of carbonyl (C=O) groups is 2. The van der Waals surface area contributed by atoms with Crippen molar-refractivity contribution in [2.24, 2.45) is 0 Å². The Morgan fingerprint density at radius 2 is 2.33 bits per heavy atom. The van der Waals surface area contributed by atoms with Gasteiger partial charge in [-0.15, -0.1) is 0 Å². The number of rotatable bonds is 2. The van der Waals surface area contributed by atoms with Crippen LogP contribution in [0.1, 0.15) is 13.3 Å². The van der Waals surface area contributed by atoms with Crippen molar-refractivity contribution in [2.75, 3.05) is 0 Å². The van der Waals surface area contributed by atoms with E-state index in [2.05, 4.69) is 0 Å². The minimum Gasteiger partial charge on any atom is -0.543 e. The number of aliphatic hydroxyl groups is 1. The van der Waals surface area contributed by atoms with Crippen LogP contribution in [0.4, 0.5) is 0 Å². The van der Waals surface area contributed by atoms with Gasteiger partial charge in [-0.3, -0.25) is 9.69 Å². The largest absolute Gasteiger partial charge is 1.00 e. The van der Waals surface area contributed by atoms with Gasteiger partial charge in [0.25, 0.3) is 0 Å². The van der Waals surface area contributed by atoms with Gasteiger partial charge in [0.2, 0.25) is 5.91 Å². The van der Waals surface area contributed by atoms with E-state index in [4.69, 9.17) is 0 Å². The van der Waals surface area contributed by atoms with E-state index in [1.165, 1.54) is 23.6 Å². The Morgan fingerprint density at radius 1 is 1.73 bits per heavy atom. The summed E-state index contributed by atoms with van der Waals surface area (Å²) in [5.74, 6) is -1.62. The molecule has 0 radical (unpaired) electrons. The fourth-order valence-corrected chi connectivity index (χ4v) is 2.90. The van der Waals surface area contributed by atoms with Gasteiger partial charge in [0.1, 0.15) is 0 Å². The summed E-state index contributed by atoms with van der Waals surface area (Å²) < 4.78 is 0. The van der Waals surface area contributed by atoms with Crippen molar-refractivity contribution in [2.45, 2.75) is 24.8 Å². The Bertz CT molecular complexity index is 355. The summed E-state index contributed by atoms with van der Waals surface area (Å²) in [5.41, 5.74) is -0.161. The first-order valence-corrected chi connectivity index (χ1v) is 5.02. The third kappa shape index (κ3) is 1.97. The average molecular weight is 237 g/mol. The van der Waals surface area contributed by atoms with Crippen LogP contribution in [0.2, 0.25) is 0 Å². The van der Waals surface area contributed by atoms with Crippen LogP contribution in [-0.2, 0) is 9.59 Å². The monoisotopic (exact) mass is 237 g/mol. The van der Waals surface area contributed by atoms with Crippen molar-refractivity contribution >= 4 is 23.6 Å². The summed E-state index contributed by atoms with van der Waals surface area (Å²) in [4.78, 5) is 23.4. The second-order valence-corrected chi connectivity index (χ2v) is 4.44. The molecule has 2 atom stereocenters. The fraction of sp³-hybridized carbons (Fsp3) is 0.500. The Hall–Kier alpha value is -0.0100. The molecule has 7 heteroatoms. The number of amides is 1. The van der Waals surface area contributed by atoms with E-state index in [9.17, 15) is 19.8 Å². The van der Waals surface area contributed by atoms with E-state index >= 15 is 0 Å². The van der Waals surface area contributed by atoms with E-state index in [1.807, 2.05) is 0 Å². The molecule has 0 aromatic heterocycles. The van der Waals surface area contributed by atoms with Crippen LogP contribution >= 0.6 is 11.8 Å². The molecule has 1 amide bonds. The number of hydrogen-bond donors (Lipinski definition) is 1. The summed E-state index contributed by atoms with van der Waals surface area (Å²) in [7, 11) is 0. The molecule has 0 spiro atoms. The first-order chi connectivity index (χ1) is 6.52. The molecule has 2 rings (SSSR count). The second-order valence-electron chi connectivity index (χ2n) is 3.22. The zero-order valence-electron chi connectivity index (χ0n) is 8.39. The molecule has 1 unspecified atom stereocenters. The zero-order chi connectivity index (χ0) is 10.5. The molecule has 2 aliphatic heterocycles. The minimum atomic E-state index is -1.40. The van der Waals surface area contributed by atoms with Crippen molar-refractivity contribution in [1.82, 2.24) is 4.90 Å². The number of aliphatic hydroxyl groups excluding tert-OH is 1. The van der Waals surface area contributed by atoms with Gasteiger partial charge in [-0.2, -0.15) is 0 Å². The fourth-order valence-electron chi connectivity index (χ4n) is 1.57. The van der Waals surface area contributed by atoms with E-state index in [1.54, 1.807) is 0 Å². The Morgan fingerprint density at radius 3 is 2.73 bits per heavy atom. The smallest absolute Gasteiger partial charge is 0.543 e. The van der Waals surface area contributed by atoms with Gasteiger partial charge in [0, 0.05) is 4.91 Å². The number of nitrogens with zero attached hydrogens (tertiary/aromatic N) is 1. The number of carbonyl (C=O) groups excluding carboxylic acids is 2. The van der Waals surface area contributed by atoms with Crippen LogP contribution < -0.4 is 34.7 Å². The molecule has 0 bridgehead atoms. The molecule has 2 aliphatic rings. The van der Waals surface area contributed by atoms with Crippen LogP contribution in [-0.4, -0.2) is 33.4 Å². The van der Waals surface area contributed by atoms with Gasteiger partial charge in [-0.1, -0.05) is 11.8 Å². The van der Waals surface area contributed by atoms with Crippen LogP contribution in [0.25, 0.3) is 0 Å². The Labute approximate surface area is 113 Å². The maximum absolute atomic E-state index is 11.1. The van der Waals surface area contributed by atoms with Crippen molar-refractivity contribution in [1.29, 1.82) is 0 Å². The predicted molar refractivity (Wildman–Crippen MR) is 46.6 cm³/mol. The quantitative estimate of drug-likeness (QED) is 0.388. The van der Waals surface area contributed by atoms with Gasteiger partial charge in [-0.05, 0) is 6.92 Å². The predicted octanol–water partition coefficient (Wildman–Crippen LogP) is -4.36. The maximum atomic E-state index is 11.1. The molecule has 76 valence electrons. The molecule has 15 heavy (non-hydrogen) atoms. The molecule has 5 nitrogen and oxygen atoms in total. The summed E-state index contributed by atoms with van der Waals surface area (Å²) in [5, 5.41) is 19.9. The second kappa shape index (κ2) is 4.47. The molecule has 0 aliphatic carbocycles. The molecular formula is C8H8NNaO4S. The third-order valence-corrected chi connectivity index (χ3v) is 3.65. The first kappa shape index (κ1) is 13.1. The SMILES string of the molecule is CC(O)C1=C(C(=O)[O-])N2C(=O)C[C@H]2S1.[Na+]. The topological polar surface area (TPSA) is 80.7 Å². The number of β-lactam (4-membered cyclic amide) rings is 1. The van der Waals surface area contributed by atoms with E-state index in [0.717, 1.165) is 0 Å². The molecule has 0 aromatic carbocycles. The number of carboxylic acids is 1. The molecule has 0 saturated carbocycles. The zero-order valence-corrected chi connectivity index (χ0v) is 11.2. The van der Waals surface area contributed by atoms with Crippen LogP contribution in [0.15, 0.2) is 10.6 Å². The standard InChI is InChI=1S/C8H9NO4S.Na/c1-3(10)7-6(8(12)13)9-4(11)2-5(9)14-7;/h3,5,10H,2H2,1H3,(H,12,13);/q;+1/p-1/t3?,5-;/m1./s1. The van der Waals surface area contributed by atoms with E-state index in [-0.39, 0.29) is 46.5 Å². The normalized spacial score (nSPS) is 25.6. The third-order valence-electron chi connectivity index (χ3n) is 2.22. The van der Waals surface area contributed by atoms with Crippen molar-refractivity contribution < 1.29 is 49.4 Å². The maximum Gasteiger partial charge on any atom is 1.00 e. The van der Waals surface area contributed by atoms with Gasteiger partial charge >= 0.3 is 29.6 Å². The summed E-state index contributed by atoms with van der Waals surface area (Å²) in [6.45, 7) is 1.47. The number of carboxylic acid groups (broad SMARTS) is 1. The minimum absolute atomic E-state index is 0. The number of hydrogen-bond acceptors (Lipinski definition) is 5. The summed E-state index contributed by atoms with van der Waals surface area (Å²) >= 11 is 1.22. The number of fused-ring (bicyclic) bond motifs is 1. The Kier molecular flexibility index (Phi) is 3.89. The van der Waals surface area contributed by atoms with Crippen LogP contribution in [0.5, 0.6) is 0 Å². The Balaban J connectivity index is 0.00000112.